The minimum absolute atomic E-state index is 0.166. The lowest BCUT2D eigenvalue weighted by atomic mass is 10.3. The lowest BCUT2D eigenvalue weighted by molar-refractivity contribution is -0.115. The van der Waals surface area contributed by atoms with Crippen LogP contribution in [-0.2, 0) is 4.79 Å². The van der Waals surface area contributed by atoms with Gasteiger partial charge in [0.2, 0.25) is 5.91 Å². The fraction of sp³-hybridized carbons (Fsp3) is 0.143. The fourth-order valence-electron chi connectivity index (χ4n) is 2.92. The molecule has 0 spiro atoms. The molecular formula is C21H19N5O2S2. The van der Waals surface area contributed by atoms with E-state index in [-0.39, 0.29) is 11.5 Å². The zero-order chi connectivity index (χ0) is 21.1. The first-order valence-electron chi connectivity index (χ1n) is 9.21. The minimum Gasteiger partial charge on any atom is -0.324 e. The number of rotatable bonds is 6. The van der Waals surface area contributed by atoms with Crippen LogP contribution in [0.3, 0.4) is 0 Å². The molecular weight excluding hydrogens is 418 g/mol. The van der Waals surface area contributed by atoms with Crippen molar-refractivity contribution in [3.05, 3.63) is 71.1 Å². The number of para-hydroxylation sites is 2. The molecule has 1 amide bonds. The molecule has 0 aliphatic heterocycles. The van der Waals surface area contributed by atoms with Gasteiger partial charge in [-0.15, -0.1) is 11.8 Å². The molecule has 7 nitrogen and oxygen atoms in total. The summed E-state index contributed by atoms with van der Waals surface area (Å²) in [7, 11) is 0. The Balaban J connectivity index is 1.59. The Kier molecular flexibility index (Phi) is 5.91. The molecule has 0 aliphatic carbocycles. The van der Waals surface area contributed by atoms with E-state index in [1.54, 1.807) is 23.4 Å². The molecule has 2 aromatic heterocycles. The molecule has 152 valence electrons. The Bertz CT molecular complexity index is 1250. The number of thioether (sulfide) groups is 2. The number of nitrogens with one attached hydrogen (secondary N) is 2. The molecule has 0 fully saturated rings. The van der Waals surface area contributed by atoms with Crippen LogP contribution in [-0.4, -0.2) is 37.2 Å². The molecule has 1 unspecified atom stereocenters. The molecule has 2 heterocycles. The van der Waals surface area contributed by atoms with Gasteiger partial charge in [-0.25, -0.2) is 9.67 Å². The van der Waals surface area contributed by atoms with E-state index in [2.05, 4.69) is 20.4 Å². The van der Waals surface area contributed by atoms with E-state index in [0.717, 1.165) is 16.3 Å². The Hall–Kier alpha value is -3.04. The maximum Gasteiger partial charge on any atom is 0.262 e. The molecule has 0 saturated heterocycles. The van der Waals surface area contributed by atoms with Gasteiger partial charge < -0.3 is 10.3 Å². The van der Waals surface area contributed by atoms with Gasteiger partial charge in [-0.2, -0.15) is 5.10 Å². The lowest BCUT2D eigenvalue weighted by Crippen LogP contribution is -2.23. The molecule has 0 aliphatic rings. The number of H-pyrrole nitrogens is 1. The largest absolute Gasteiger partial charge is 0.324 e. The van der Waals surface area contributed by atoms with E-state index in [0.29, 0.717) is 16.2 Å². The van der Waals surface area contributed by atoms with Crippen molar-refractivity contribution in [3.63, 3.8) is 0 Å². The number of aromatic nitrogens is 4. The minimum atomic E-state index is -0.464. The zero-order valence-corrected chi connectivity index (χ0v) is 18.0. The van der Waals surface area contributed by atoms with E-state index in [9.17, 15) is 9.59 Å². The van der Waals surface area contributed by atoms with Crippen LogP contribution in [0.25, 0.3) is 16.7 Å². The van der Waals surface area contributed by atoms with E-state index in [1.807, 2.05) is 60.9 Å². The van der Waals surface area contributed by atoms with Gasteiger partial charge in [0.15, 0.2) is 10.8 Å². The van der Waals surface area contributed by atoms with Gasteiger partial charge in [0, 0.05) is 4.90 Å². The van der Waals surface area contributed by atoms with E-state index in [4.69, 9.17) is 0 Å². The lowest BCUT2D eigenvalue weighted by Gasteiger charge is -2.13. The Morgan fingerprint density at radius 2 is 1.87 bits per heavy atom. The molecule has 2 N–H and O–H groups in total. The first-order chi connectivity index (χ1) is 14.6. The molecule has 0 saturated carbocycles. The Morgan fingerprint density at radius 3 is 2.63 bits per heavy atom. The SMILES string of the molecule is CSc1ccccc1NC(=O)C(C)Sc1nc2c(cnn2-c2ccccc2)c(=O)[nH]1. The molecule has 2 aromatic carbocycles. The zero-order valence-electron chi connectivity index (χ0n) is 16.3. The van der Waals surface area contributed by atoms with Gasteiger partial charge >= 0.3 is 0 Å². The van der Waals surface area contributed by atoms with Gasteiger partial charge in [0.25, 0.3) is 5.56 Å². The number of carbonyl (C=O) groups excluding carboxylic acids is 1. The molecule has 9 heteroatoms. The highest BCUT2D eigenvalue weighted by Crippen LogP contribution is 2.27. The summed E-state index contributed by atoms with van der Waals surface area (Å²) in [4.78, 5) is 33.5. The Labute approximate surface area is 181 Å². The standard InChI is InChI=1S/C21H19N5O2S2/c1-13(19(27)23-16-10-6-7-11-17(16)29-2)30-21-24-18-15(20(28)25-21)12-22-26(18)14-8-4-3-5-9-14/h3-13H,1-2H3,(H,23,27)(H,24,25,28). The number of anilines is 1. The van der Waals surface area contributed by atoms with Crippen molar-refractivity contribution in [2.45, 2.75) is 22.2 Å². The maximum absolute atomic E-state index is 12.7. The molecule has 0 radical (unpaired) electrons. The monoisotopic (exact) mass is 437 g/mol. The second-order valence-corrected chi connectivity index (χ2v) is 8.63. The normalized spacial score (nSPS) is 12.1. The number of fused-ring (bicyclic) bond motifs is 1. The van der Waals surface area contributed by atoms with Gasteiger partial charge in [0.05, 0.1) is 22.8 Å². The van der Waals surface area contributed by atoms with Crippen molar-refractivity contribution in [2.75, 3.05) is 11.6 Å². The van der Waals surface area contributed by atoms with Crippen molar-refractivity contribution in [3.8, 4) is 5.69 Å². The number of hydrogen-bond donors (Lipinski definition) is 2. The van der Waals surface area contributed by atoms with Crippen LogP contribution < -0.4 is 10.9 Å². The van der Waals surface area contributed by atoms with Gasteiger partial charge in [-0.3, -0.25) is 9.59 Å². The van der Waals surface area contributed by atoms with Crippen LogP contribution in [0.2, 0.25) is 0 Å². The number of amides is 1. The van der Waals surface area contributed by atoms with Crippen LogP contribution in [0.5, 0.6) is 0 Å². The number of benzene rings is 2. The second kappa shape index (κ2) is 8.76. The third-order valence-electron chi connectivity index (χ3n) is 4.44. The van der Waals surface area contributed by atoms with Crippen LogP contribution >= 0.6 is 23.5 Å². The summed E-state index contributed by atoms with van der Waals surface area (Å²) in [6.45, 7) is 1.78. The average molecular weight is 438 g/mol. The average Bonchev–Trinajstić information content (AvgIpc) is 3.19. The van der Waals surface area contributed by atoms with Gasteiger partial charge in [0.1, 0.15) is 5.39 Å². The van der Waals surface area contributed by atoms with E-state index >= 15 is 0 Å². The van der Waals surface area contributed by atoms with Gasteiger partial charge in [-0.05, 0) is 37.4 Å². The molecule has 0 bridgehead atoms. The highest BCUT2D eigenvalue weighted by molar-refractivity contribution is 8.00. The highest BCUT2D eigenvalue weighted by Gasteiger charge is 2.19. The van der Waals surface area contributed by atoms with Crippen molar-refractivity contribution in [1.82, 2.24) is 19.7 Å². The number of nitrogens with zero attached hydrogens (tertiary/aromatic N) is 3. The first kappa shape index (κ1) is 20.2. The van der Waals surface area contributed by atoms with Crippen LogP contribution in [0, 0.1) is 0 Å². The van der Waals surface area contributed by atoms with Gasteiger partial charge in [-0.1, -0.05) is 42.1 Å². The summed E-state index contributed by atoms with van der Waals surface area (Å²) >= 11 is 2.76. The predicted octanol–water partition coefficient (Wildman–Crippen LogP) is 3.95. The van der Waals surface area contributed by atoms with Crippen molar-refractivity contribution in [2.24, 2.45) is 0 Å². The van der Waals surface area contributed by atoms with Crippen LogP contribution in [0.4, 0.5) is 5.69 Å². The highest BCUT2D eigenvalue weighted by atomic mass is 32.2. The quantitative estimate of drug-likeness (QED) is 0.350. The van der Waals surface area contributed by atoms with Crippen molar-refractivity contribution < 1.29 is 4.79 Å². The van der Waals surface area contributed by atoms with Crippen molar-refractivity contribution >= 4 is 46.2 Å². The summed E-state index contributed by atoms with van der Waals surface area (Å²) in [6.07, 6.45) is 3.46. The third-order valence-corrected chi connectivity index (χ3v) is 6.22. The van der Waals surface area contributed by atoms with Crippen LogP contribution in [0.15, 0.2) is 75.6 Å². The topological polar surface area (TPSA) is 92.7 Å². The predicted molar refractivity (Wildman–Crippen MR) is 122 cm³/mol. The van der Waals surface area contributed by atoms with Crippen molar-refractivity contribution in [1.29, 1.82) is 0 Å². The van der Waals surface area contributed by atoms with E-state index in [1.165, 1.54) is 18.0 Å². The number of carbonyl (C=O) groups is 1. The summed E-state index contributed by atoms with van der Waals surface area (Å²) < 4.78 is 1.62. The summed E-state index contributed by atoms with van der Waals surface area (Å²) in [5.41, 5.74) is 1.74. The Morgan fingerprint density at radius 1 is 1.13 bits per heavy atom. The molecule has 1 atom stereocenters. The fourth-order valence-corrected chi connectivity index (χ4v) is 4.26. The smallest absolute Gasteiger partial charge is 0.262 e. The first-order valence-corrected chi connectivity index (χ1v) is 11.3. The summed E-state index contributed by atoms with van der Waals surface area (Å²) in [6, 6.07) is 17.1. The molecule has 4 aromatic rings. The molecule has 30 heavy (non-hydrogen) atoms. The number of aromatic amines is 1. The van der Waals surface area contributed by atoms with Crippen LogP contribution in [0.1, 0.15) is 6.92 Å². The maximum atomic E-state index is 12.7. The summed E-state index contributed by atoms with van der Waals surface area (Å²) in [5, 5.41) is 7.55. The summed E-state index contributed by atoms with van der Waals surface area (Å²) in [5.74, 6) is -0.166. The number of hydrogen-bond acceptors (Lipinski definition) is 6. The molecule has 4 rings (SSSR count). The third kappa shape index (κ3) is 4.12. The van der Waals surface area contributed by atoms with E-state index < -0.39 is 5.25 Å². The second-order valence-electron chi connectivity index (χ2n) is 6.45.